The van der Waals surface area contributed by atoms with Gasteiger partial charge in [0.05, 0.1) is 0 Å². The van der Waals surface area contributed by atoms with E-state index in [1.54, 1.807) is 10.4 Å². The van der Waals surface area contributed by atoms with E-state index in [-0.39, 0.29) is 0 Å². The lowest BCUT2D eigenvalue weighted by molar-refractivity contribution is 0.496. The first-order chi connectivity index (χ1) is 10.3. The van der Waals surface area contributed by atoms with Gasteiger partial charge in [-0.05, 0) is 55.0 Å². The van der Waals surface area contributed by atoms with Crippen molar-refractivity contribution in [1.82, 2.24) is 5.32 Å². The summed E-state index contributed by atoms with van der Waals surface area (Å²) >= 11 is 7.99. The Morgan fingerprint density at radius 2 is 2.05 bits per heavy atom. The molecule has 3 heteroatoms. The first kappa shape index (κ1) is 15.1. The van der Waals surface area contributed by atoms with Crippen molar-refractivity contribution in [3.8, 4) is 0 Å². The zero-order valence-corrected chi connectivity index (χ0v) is 14.1. The fourth-order valence-corrected chi connectivity index (χ4v) is 4.41. The van der Waals surface area contributed by atoms with Crippen LogP contribution in [0.1, 0.15) is 53.1 Å². The van der Waals surface area contributed by atoms with Crippen molar-refractivity contribution in [3.63, 3.8) is 0 Å². The van der Waals surface area contributed by atoms with Gasteiger partial charge in [0.25, 0.3) is 0 Å². The minimum absolute atomic E-state index is 0.421. The lowest BCUT2D eigenvalue weighted by atomic mass is 10.0. The zero-order chi connectivity index (χ0) is 14.7. The third kappa shape index (κ3) is 3.68. The highest BCUT2D eigenvalue weighted by molar-refractivity contribution is 7.12. The summed E-state index contributed by atoms with van der Waals surface area (Å²) in [6.45, 7) is 3.22. The van der Waals surface area contributed by atoms with Gasteiger partial charge in [-0.25, -0.2) is 0 Å². The Morgan fingerprint density at radius 1 is 1.24 bits per heavy atom. The molecule has 0 fully saturated rings. The van der Waals surface area contributed by atoms with E-state index in [9.17, 15) is 0 Å². The molecule has 1 unspecified atom stereocenters. The van der Waals surface area contributed by atoms with Gasteiger partial charge in [0.1, 0.15) is 0 Å². The van der Waals surface area contributed by atoms with E-state index in [1.807, 2.05) is 23.5 Å². The van der Waals surface area contributed by atoms with E-state index in [2.05, 4.69) is 30.4 Å². The highest BCUT2D eigenvalue weighted by atomic mass is 35.5. The standard InChI is InChI=1S/C18H22ClNS/c1-2-4-17(13-7-9-15(19)10-8-13)20-12-16-11-14-5-3-6-18(14)21-16/h7-11,17,20H,2-6,12H2,1H3. The third-order valence-corrected chi connectivity index (χ3v) is 5.66. The fourth-order valence-electron chi connectivity index (χ4n) is 3.07. The summed E-state index contributed by atoms with van der Waals surface area (Å²) in [4.78, 5) is 3.10. The molecule has 1 aliphatic carbocycles. The first-order valence-electron chi connectivity index (χ1n) is 7.85. The fraction of sp³-hybridized carbons (Fsp3) is 0.444. The predicted octanol–water partition coefficient (Wildman–Crippen LogP) is 5.52. The lowest BCUT2D eigenvalue weighted by Gasteiger charge is -2.18. The number of thiophene rings is 1. The molecule has 0 spiro atoms. The number of fused-ring (bicyclic) bond motifs is 1. The summed E-state index contributed by atoms with van der Waals surface area (Å²) in [5.41, 5.74) is 2.93. The third-order valence-electron chi connectivity index (χ3n) is 4.17. The van der Waals surface area contributed by atoms with Crippen LogP contribution in [0.15, 0.2) is 30.3 Å². The van der Waals surface area contributed by atoms with Gasteiger partial charge in [0.2, 0.25) is 0 Å². The van der Waals surface area contributed by atoms with Gasteiger partial charge in [-0.2, -0.15) is 0 Å². The molecule has 112 valence electrons. The van der Waals surface area contributed by atoms with Gasteiger partial charge < -0.3 is 5.32 Å². The maximum absolute atomic E-state index is 5.99. The highest BCUT2D eigenvalue weighted by Crippen LogP contribution is 2.31. The molecule has 1 aliphatic rings. The van der Waals surface area contributed by atoms with Crippen LogP contribution in [0, 0.1) is 0 Å². The molecule has 21 heavy (non-hydrogen) atoms. The van der Waals surface area contributed by atoms with Crippen LogP contribution in [0.3, 0.4) is 0 Å². The summed E-state index contributed by atoms with van der Waals surface area (Å²) in [5.74, 6) is 0. The maximum atomic E-state index is 5.99. The number of rotatable bonds is 6. The Labute approximate surface area is 136 Å². The lowest BCUT2D eigenvalue weighted by Crippen LogP contribution is -2.20. The molecule has 1 atom stereocenters. The summed E-state index contributed by atoms with van der Waals surface area (Å²) in [5, 5.41) is 4.54. The van der Waals surface area contributed by atoms with Gasteiger partial charge in [-0.3, -0.25) is 0 Å². The van der Waals surface area contributed by atoms with Crippen molar-refractivity contribution < 1.29 is 0 Å². The van der Waals surface area contributed by atoms with E-state index in [0.717, 1.165) is 18.0 Å². The van der Waals surface area contributed by atoms with Gasteiger partial charge in [0.15, 0.2) is 0 Å². The second-order valence-corrected chi connectivity index (χ2v) is 7.45. The molecule has 0 amide bonds. The molecule has 1 aromatic heterocycles. The Bertz CT molecular complexity index is 566. The Hall–Kier alpha value is -0.830. The number of hydrogen-bond donors (Lipinski definition) is 1. The second kappa shape index (κ2) is 6.95. The molecule has 0 saturated heterocycles. The summed E-state index contributed by atoms with van der Waals surface area (Å²) in [6.07, 6.45) is 6.25. The Balaban J connectivity index is 1.65. The van der Waals surface area contributed by atoms with Gasteiger partial charge in [-0.1, -0.05) is 37.1 Å². The smallest absolute Gasteiger partial charge is 0.0406 e. The number of benzene rings is 1. The van der Waals surface area contributed by atoms with Crippen molar-refractivity contribution >= 4 is 22.9 Å². The minimum atomic E-state index is 0.421. The van der Waals surface area contributed by atoms with Gasteiger partial charge in [0, 0.05) is 27.4 Å². The molecule has 2 aromatic rings. The summed E-state index contributed by atoms with van der Waals surface area (Å²) in [6, 6.07) is 11.1. The van der Waals surface area contributed by atoms with E-state index >= 15 is 0 Å². The molecule has 3 rings (SSSR count). The van der Waals surface area contributed by atoms with Crippen LogP contribution in [0.25, 0.3) is 0 Å². The van der Waals surface area contributed by atoms with Crippen molar-refractivity contribution in [1.29, 1.82) is 0 Å². The normalized spacial score (nSPS) is 15.1. The maximum Gasteiger partial charge on any atom is 0.0406 e. The van der Waals surface area contributed by atoms with Crippen LogP contribution in [0.2, 0.25) is 5.02 Å². The monoisotopic (exact) mass is 319 g/mol. The minimum Gasteiger partial charge on any atom is -0.305 e. The molecule has 0 bridgehead atoms. The SMILES string of the molecule is CCCC(NCc1cc2c(s1)CCC2)c1ccc(Cl)cc1. The van der Waals surface area contributed by atoms with Crippen LogP contribution in [0.4, 0.5) is 0 Å². The Morgan fingerprint density at radius 3 is 2.76 bits per heavy atom. The largest absolute Gasteiger partial charge is 0.305 e. The second-order valence-electron chi connectivity index (χ2n) is 5.79. The zero-order valence-electron chi connectivity index (χ0n) is 12.5. The Kier molecular flexibility index (Phi) is 4.99. The van der Waals surface area contributed by atoms with Crippen LogP contribution in [-0.4, -0.2) is 0 Å². The first-order valence-corrected chi connectivity index (χ1v) is 9.05. The topological polar surface area (TPSA) is 12.0 Å². The van der Waals surface area contributed by atoms with E-state index in [0.29, 0.717) is 6.04 Å². The van der Waals surface area contributed by atoms with E-state index in [1.165, 1.54) is 36.1 Å². The summed E-state index contributed by atoms with van der Waals surface area (Å²) < 4.78 is 0. The number of aryl methyl sites for hydroxylation is 2. The van der Waals surface area contributed by atoms with Crippen LogP contribution >= 0.6 is 22.9 Å². The van der Waals surface area contributed by atoms with Crippen molar-refractivity contribution in [3.05, 3.63) is 56.2 Å². The molecular formula is C18H22ClNS. The molecule has 1 nitrogen and oxygen atoms in total. The molecule has 0 saturated carbocycles. The molecule has 1 N–H and O–H groups in total. The predicted molar refractivity (Wildman–Crippen MR) is 92.3 cm³/mol. The number of hydrogen-bond acceptors (Lipinski definition) is 2. The van der Waals surface area contributed by atoms with E-state index in [4.69, 9.17) is 11.6 Å². The van der Waals surface area contributed by atoms with Crippen LogP contribution in [0.5, 0.6) is 0 Å². The van der Waals surface area contributed by atoms with Crippen molar-refractivity contribution in [2.45, 2.75) is 51.6 Å². The molecule has 1 aromatic carbocycles. The van der Waals surface area contributed by atoms with Crippen LogP contribution < -0.4 is 5.32 Å². The van der Waals surface area contributed by atoms with E-state index < -0.39 is 0 Å². The average molecular weight is 320 g/mol. The van der Waals surface area contributed by atoms with Crippen molar-refractivity contribution in [2.75, 3.05) is 0 Å². The van der Waals surface area contributed by atoms with Gasteiger partial charge >= 0.3 is 0 Å². The van der Waals surface area contributed by atoms with Gasteiger partial charge in [-0.15, -0.1) is 11.3 Å². The summed E-state index contributed by atoms with van der Waals surface area (Å²) in [7, 11) is 0. The average Bonchev–Trinajstić information content (AvgIpc) is 3.05. The van der Waals surface area contributed by atoms with Crippen molar-refractivity contribution in [2.24, 2.45) is 0 Å². The number of nitrogens with one attached hydrogen (secondary N) is 1. The number of halogens is 1. The molecule has 1 heterocycles. The molecular weight excluding hydrogens is 298 g/mol. The molecule has 0 radical (unpaired) electrons. The highest BCUT2D eigenvalue weighted by Gasteiger charge is 2.16. The quantitative estimate of drug-likeness (QED) is 0.739. The molecule has 0 aliphatic heterocycles. The van der Waals surface area contributed by atoms with Crippen LogP contribution in [-0.2, 0) is 19.4 Å².